The number of nitrogens with zero attached hydrogens (tertiary/aromatic N) is 3. The van der Waals surface area contributed by atoms with Crippen LogP contribution in [0.1, 0.15) is 39.5 Å². The third kappa shape index (κ3) is 4.96. The standard InChI is InChI=1S/C19H25ClN4O4S/c1-12-21-17(23-28-12)14-5-6-15(20)16(11-14)29(26,27)24-9-7-13(8-10-24)18(25)22-19(2,3)4/h5-6,11,13H,7-10H2,1-4H3,(H,22,25). The van der Waals surface area contributed by atoms with Crippen LogP contribution in [0.4, 0.5) is 0 Å². The maximum atomic E-state index is 13.2. The summed E-state index contributed by atoms with van der Waals surface area (Å²) >= 11 is 6.21. The van der Waals surface area contributed by atoms with Gasteiger partial charge in [-0.2, -0.15) is 9.29 Å². The Morgan fingerprint density at radius 2 is 1.93 bits per heavy atom. The number of rotatable bonds is 4. The molecular weight excluding hydrogens is 416 g/mol. The van der Waals surface area contributed by atoms with Gasteiger partial charge >= 0.3 is 0 Å². The molecule has 3 rings (SSSR count). The lowest BCUT2D eigenvalue weighted by Gasteiger charge is -2.32. The summed E-state index contributed by atoms with van der Waals surface area (Å²) in [5.74, 6) is 0.440. The quantitative estimate of drug-likeness (QED) is 0.783. The minimum Gasteiger partial charge on any atom is -0.351 e. The van der Waals surface area contributed by atoms with Crippen LogP contribution in [0.2, 0.25) is 5.02 Å². The fourth-order valence-electron chi connectivity index (χ4n) is 3.23. The van der Waals surface area contributed by atoms with Gasteiger partial charge in [0, 0.05) is 37.0 Å². The molecule has 0 aliphatic carbocycles. The molecular formula is C19H25ClN4O4S. The third-order valence-corrected chi connectivity index (χ3v) is 7.04. The number of nitrogens with one attached hydrogen (secondary N) is 1. The fraction of sp³-hybridized carbons (Fsp3) is 0.526. The summed E-state index contributed by atoms with van der Waals surface area (Å²) < 4.78 is 32.7. The van der Waals surface area contributed by atoms with E-state index in [0.29, 0.717) is 30.1 Å². The lowest BCUT2D eigenvalue weighted by molar-refractivity contribution is -0.127. The second-order valence-corrected chi connectivity index (χ2v) is 10.5. The molecule has 1 saturated heterocycles. The predicted octanol–water partition coefficient (Wildman–Crippen LogP) is 3.01. The number of benzene rings is 1. The topological polar surface area (TPSA) is 105 Å². The van der Waals surface area contributed by atoms with E-state index in [-0.39, 0.29) is 40.4 Å². The smallest absolute Gasteiger partial charge is 0.244 e. The molecule has 29 heavy (non-hydrogen) atoms. The molecule has 1 aromatic carbocycles. The van der Waals surface area contributed by atoms with Crippen molar-refractivity contribution >= 4 is 27.5 Å². The molecule has 1 aliphatic heterocycles. The van der Waals surface area contributed by atoms with Crippen molar-refractivity contribution in [1.82, 2.24) is 19.8 Å². The Morgan fingerprint density at radius 3 is 2.48 bits per heavy atom. The maximum absolute atomic E-state index is 13.2. The molecule has 0 atom stereocenters. The van der Waals surface area contributed by atoms with Gasteiger partial charge in [-0.05, 0) is 51.8 Å². The average Bonchev–Trinajstić information content (AvgIpc) is 3.07. The molecule has 0 unspecified atom stereocenters. The molecule has 158 valence electrons. The highest BCUT2D eigenvalue weighted by molar-refractivity contribution is 7.89. The second-order valence-electron chi connectivity index (χ2n) is 8.20. The van der Waals surface area contributed by atoms with Crippen molar-refractivity contribution in [3.05, 3.63) is 29.1 Å². The van der Waals surface area contributed by atoms with Crippen LogP contribution >= 0.6 is 11.6 Å². The maximum Gasteiger partial charge on any atom is 0.244 e. The zero-order chi connectivity index (χ0) is 21.4. The Kier molecular flexibility index (Phi) is 6.03. The van der Waals surface area contributed by atoms with E-state index < -0.39 is 10.0 Å². The summed E-state index contributed by atoms with van der Waals surface area (Å²) in [4.78, 5) is 16.5. The zero-order valence-corrected chi connectivity index (χ0v) is 18.5. The molecule has 2 aromatic rings. The first-order chi connectivity index (χ1) is 13.5. The van der Waals surface area contributed by atoms with Gasteiger partial charge < -0.3 is 9.84 Å². The molecule has 0 spiro atoms. The molecule has 10 heteroatoms. The van der Waals surface area contributed by atoms with Crippen molar-refractivity contribution in [3.63, 3.8) is 0 Å². The number of carbonyl (C=O) groups excluding carboxylic acids is 1. The van der Waals surface area contributed by atoms with Crippen molar-refractivity contribution in [3.8, 4) is 11.4 Å². The van der Waals surface area contributed by atoms with E-state index in [1.165, 1.54) is 16.4 Å². The molecule has 1 aromatic heterocycles. The Morgan fingerprint density at radius 1 is 1.28 bits per heavy atom. The van der Waals surface area contributed by atoms with Gasteiger partial charge in [-0.15, -0.1) is 0 Å². The zero-order valence-electron chi connectivity index (χ0n) is 16.9. The number of sulfonamides is 1. The van der Waals surface area contributed by atoms with Gasteiger partial charge in [0.1, 0.15) is 4.90 Å². The molecule has 0 saturated carbocycles. The minimum atomic E-state index is -3.82. The molecule has 0 radical (unpaired) electrons. The number of hydrogen-bond acceptors (Lipinski definition) is 6. The third-order valence-electron chi connectivity index (χ3n) is 4.66. The SMILES string of the molecule is Cc1nc(-c2ccc(Cl)c(S(=O)(=O)N3CCC(C(=O)NC(C)(C)C)CC3)c2)no1. The van der Waals surface area contributed by atoms with Crippen LogP contribution in [0.25, 0.3) is 11.4 Å². The van der Waals surface area contributed by atoms with E-state index in [1.807, 2.05) is 20.8 Å². The molecule has 8 nitrogen and oxygen atoms in total. The minimum absolute atomic E-state index is 0.00304. The van der Waals surface area contributed by atoms with Crippen molar-refractivity contribution in [1.29, 1.82) is 0 Å². The average molecular weight is 441 g/mol. The van der Waals surface area contributed by atoms with E-state index >= 15 is 0 Å². The molecule has 1 aliphatic rings. The first-order valence-electron chi connectivity index (χ1n) is 9.40. The molecule has 1 N–H and O–H groups in total. The Labute approximate surface area is 175 Å². The summed E-state index contributed by atoms with van der Waals surface area (Å²) in [5.41, 5.74) is 0.186. The van der Waals surface area contributed by atoms with Gasteiger partial charge in [-0.25, -0.2) is 8.42 Å². The van der Waals surface area contributed by atoms with E-state index in [9.17, 15) is 13.2 Å². The number of piperidine rings is 1. The summed E-state index contributed by atoms with van der Waals surface area (Å²) in [6.07, 6.45) is 0.922. The monoisotopic (exact) mass is 440 g/mol. The number of aromatic nitrogens is 2. The summed E-state index contributed by atoms with van der Waals surface area (Å²) in [6.45, 7) is 7.93. The molecule has 1 fully saturated rings. The van der Waals surface area contributed by atoms with Crippen molar-refractivity contribution in [2.75, 3.05) is 13.1 Å². The van der Waals surface area contributed by atoms with Crippen LogP contribution < -0.4 is 5.32 Å². The van der Waals surface area contributed by atoms with Gasteiger partial charge in [0.25, 0.3) is 0 Å². The van der Waals surface area contributed by atoms with Crippen LogP contribution in [0.5, 0.6) is 0 Å². The van der Waals surface area contributed by atoms with Gasteiger partial charge in [0.15, 0.2) is 0 Å². The van der Waals surface area contributed by atoms with E-state index in [2.05, 4.69) is 15.5 Å². The van der Waals surface area contributed by atoms with Gasteiger partial charge in [0.05, 0.1) is 5.02 Å². The van der Waals surface area contributed by atoms with Gasteiger partial charge in [-0.1, -0.05) is 16.8 Å². The van der Waals surface area contributed by atoms with Crippen LogP contribution in [0.3, 0.4) is 0 Å². The number of amides is 1. The van der Waals surface area contributed by atoms with Crippen molar-refractivity contribution in [2.24, 2.45) is 5.92 Å². The van der Waals surface area contributed by atoms with E-state index in [0.717, 1.165) is 0 Å². The lowest BCUT2D eigenvalue weighted by atomic mass is 9.96. The fourth-order valence-corrected chi connectivity index (χ4v) is 5.20. The number of halogens is 1. The first kappa shape index (κ1) is 21.7. The highest BCUT2D eigenvalue weighted by Gasteiger charge is 2.34. The van der Waals surface area contributed by atoms with Crippen molar-refractivity contribution in [2.45, 2.75) is 51.0 Å². The Hall–Kier alpha value is -1.97. The number of hydrogen-bond donors (Lipinski definition) is 1. The van der Waals surface area contributed by atoms with Crippen LogP contribution in [0.15, 0.2) is 27.6 Å². The highest BCUT2D eigenvalue weighted by Crippen LogP contribution is 2.31. The van der Waals surface area contributed by atoms with Crippen molar-refractivity contribution < 1.29 is 17.7 Å². The largest absolute Gasteiger partial charge is 0.351 e. The lowest BCUT2D eigenvalue weighted by Crippen LogP contribution is -2.47. The number of aryl methyl sites for hydroxylation is 1. The van der Waals surface area contributed by atoms with Crippen LogP contribution in [-0.2, 0) is 14.8 Å². The molecule has 1 amide bonds. The molecule has 2 heterocycles. The highest BCUT2D eigenvalue weighted by atomic mass is 35.5. The second kappa shape index (κ2) is 8.04. The number of carbonyl (C=O) groups is 1. The summed E-state index contributed by atoms with van der Waals surface area (Å²) in [5, 5.41) is 6.91. The normalized spacial score (nSPS) is 16.7. The van der Waals surface area contributed by atoms with E-state index in [4.69, 9.17) is 16.1 Å². The van der Waals surface area contributed by atoms with Gasteiger partial charge in [0.2, 0.25) is 27.6 Å². The molecule has 0 bridgehead atoms. The summed E-state index contributed by atoms with van der Waals surface area (Å²) in [6, 6.07) is 4.62. The Balaban J connectivity index is 1.77. The predicted molar refractivity (Wildman–Crippen MR) is 109 cm³/mol. The van der Waals surface area contributed by atoms with Crippen LogP contribution in [0, 0.1) is 12.8 Å². The van der Waals surface area contributed by atoms with E-state index in [1.54, 1.807) is 13.0 Å². The van der Waals surface area contributed by atoms with Gasteiger partial charge in [-0.3, -0.25) is 4.79 Å². The first-order valence-corrected chi connectivity index (χ1v) is 11.2. The summed E-state index contributed by atoms with van der Waals surface area (Å²) in [7, 11) is -3.82. The van der Waals surface area contributed by atoms with Crippen LogP contribution in [-0.4, -0.2) is 47.4 Å². The Bertz CT molecular complexity index is 1010.